The van der Waals surface area contributed by atoms with Crippen LogP contribution in [0.5, 0.6) is 5.88 Å². The number of rotatable bonds is 9. The molecule has 0 fully saturated rings. The van der Waals surface area contributed by atoms with Gasteiger partial charge in [0.25, 0.3) is 5.88 Å². The predicted molar refractivity (Wildman–Crippen MR) is 112 cm³/mol. The zero-order valence-electron chi connectivity index (χ0n) is 17.0. The van der Waals surface area contributed by atoms with Crippen molar-refractivity contribution in [3.63, 3.8) is 0 Å². The van der Waals surface area contributed by atoms with Gasteiger partial charge in [0.2, 0.25) is 0 Å². The number of carbonyl (C=O) groups is 1. The number of nitrogens with zero attached hydrogens (tertiary/aromatic N) is 2. The van der Waals surface area contributed by atoms with Crippen molar-refractivity contribution in [2.45, 2.75) is 38.0 Å². The van der Waals surface area contributed by atoms with E-state index in [1.54, 1.807) is 18.2 Å². The first-order valence-electron chi connectivity index (χ1n) is 10.3. The Hall–Kier alpha value is -3.42. The first kappa shape index (κ1) is 20.8. The second kappa shape index (κ2) is 9.59. The number of halogens is 1. The summed E-state index contributed by atoms with van der Waals surface area (Å²) < 4.78 is 24.6. The SMILES string of the molecule is O=C(O)CC(Cc1cc(OCCc2ccc3c(n2)NCCC3)no1)c1cccc(F)c1. The Morgan fingerprint density at radius 3 is 3.03 bits per heavy atom. The minimum Gasteiger partial charge on any atom is -0.481 e. The molecule has 0 bridgehead atoms. The van der Waals surface area contributed by atoms with Crippen LogP contribution in [0.2, 0.25) is 0 Å². The highest BCUT2D eigenvalue weighted by molar-refractivity contribution is 5.68. The summed E-state index contributed by atoms with van der Waals surface area (Å²) in [6, 6.07) is 11.7. The fourth-order valence-electron chi connectivity index (χ4n) is 3.75. The summed E-state index contributed by atoms with van der Waals surface area (Å²) in [6.45, 7) is 1.33. The maximum atomic E-state index is 13.6. The summed E-state index contributed by atoms with van der Waals surface area (Å²) in [5.41, 5.74) is 2.78. The average molecular weight is 425 g/mol. The molecule has 0 saturated carbocycles. The molecule has 0 spiro atoms. The second-order valence-corrected chi connectivity index (χ2v) is 7.62. The van der Waals surface area contributed by atoms with Crippen molar-refractivity contribution >= 4 is 11.8 Å². The lowest BCUT2D eigenvalue weighted by Crippen LogP contribution is -2.14. The first-order valence-corrected chi connectivity index (χ1v) is 10.3. The van der Waals surface area contributed by atoms with E-state index >= 15 is 0 Å². The van der Waals surface area contributed by atoms with E-state index in [-0.39, 0.29) is 12.8 Å². The van der Waals surface area contributed by atoms with Gasteiger partial charge < -0.3 is 19.7 Å². The third-order valence-electron chi connectivity index (χ3n) is 5.29. The molecule has 0 aliphatic carbocycles. The van der Waals surface area contributed by atoms with E-state index < -0.39 is 17.7 Å². The number of carboxylic acids is 1. The Balaban J connectivity index is 1.34. The highest BCUT2D eigenvalue weighted by atomic mass is 19.1. The molecular formula is C23H24FN3O4. The number of ether oxygens (including phenoxy) is 1. The zero-order chi connectivity index (χ0) is 21.6. The Bertz CT molecular complexity index is 1050. The number of hydrogen-bond acceptors (Lipinski definition) is 6. The summed E-state index contributed by atoms with van der Waals surface area (Å²) in [6.07, 6.45) is 2.94. The molecule has 162 valence electrons. The quantitative estimate of drug-likeness (QED) is 0.535. The summed E-state index contributed by atoms with van der Waals surface area (Å²) >= 11 is 0. The summed E-state index contributed by atoms with van der Waals surface area (Å²) in [7, 11) is 0. The lowest BCUT2D eigenvalue weighted by Gasteiger charge is -2.17. The van der Waals surface area contributed by atoms with Gasteiger partial charge in [-0.05, 0) is 47.3 Å². The molecule has 3 heterocycles. The van der Waals surface area contributed by atoms with Crippen LogP contribution < -0.4 is 10.1 Å². The molecule has 3 aromatic rings. The highest BCUT2D eigenvalue weighted by Crippen LogP contribution is 2.27. The van der Waals surface area contributed by atoms with Crippen molar-refractivity contribution in [3.05, 3.63) is 70.9 Å². The van der Waals surface area contributed by atoms with Gasteiger partial charge in [0.05, 0.1) is 13.0 Å². The Morgan fingerprint density at radius 1 is 1.29 bits per heavy atom. The number of hydrogen-bond donors (Lipinski definition) is 2. The number of carboxylic acid groups (broad SMARTS) is 1. The smallest absolute Gasteiger partial charge is 0.303 e. The number of aliphatic carboxylic acids is 1. The molecule has 0 amide bonds. The minimum atomic E-state index is -0.961. The predicted octanol–water partition coefficient (Wildman–Crippen LogP) is 3.99. The Labute approximate surface area is 179 Å². The molecule has 1 aliphatic heterocycles. The molecule has 1 atom stereocenters. The van der Waals surface area contributed by atoms with Crippen LogP contribution in [-0.2, 0) is 24.1 Å². The summed E-state index contributed by atoms with van der Waals surface area (Å²) in [5.74, 6) is -0.0192. The third kappa shape index (κ3) is 5.59. The molecule has 31 heavy (non-hydrogen) atoms. The Morgan fingerprint density at radius 2 is 2.19 bits per heavy atom. The molecule has 1 aromatic carbocycles. The Kier molecular flexibility index (Phi) is 6.45. The molecule has 7 nitrogen and oxygen atoms in total. The van der Waals surface area contributed by atoms with E-state index in [4.69, 9.17) is 9.26 Å². The standard InChI is InChI=1S/C23H24FN3O4/c24-18-5-1-3-16(11-18)17(13-22(28)29)12-20-14-21(27-31-20)30-10-8-19-7-6-15-4-2-9-25-23(15)26-19/h1,3,5-7,11,14,17H,2,4,8-10,12-13H2,(H,25,26)(H,28,29). The van der Waals surface area contributed by atoms with Crippen molar-refractivity contribution in [2.24, 2.45) is 0 Å². The molecule has 0 saturated heterocycles. The van der Waals surface area contributed by atoms with Crippen LogP contribution in [0.1, 0.15) is 41.3 Å². The molecule has 4 rings (SSSR count). The number of pyridine rings is 1. The number of aryl methyl sites for hydroxylation is 1. The van der Waals surface area contributed by atoms with Gasteiger partial charge in [-0.15, -0.1) is 0 Å². The molecular weight excluding hydrogens is 401 g/mol. The van der Waals surface area contributed by atoms with Crippen LogP contribution in [0.3, 0.4) is 0 Å². The third-order valence-corrected chi connectivity index (χ3v) is 5.29. The van der Waals surface area contributed by atoms with Gasteiger partial charge in [-0.3, -0.25) is 4.79 Å². The van der Waals surface area contributed by atoms with Gasteiger partial charge in [0.1, 0.15) is 17.4 Å². The largest absolute Gasteiger partial charge is 0.481 e. The maximum Gasteiger partial charge on any atom is 0.303 e. The van der Waals surface area contributed by atoms with E-state index in [1.807, 2.05) is 6.07 Å². The lowest BCUT2D eigenvalue weighted by molar-refractivity contribution is -0.137. The van der Waals surface area contributed by atoms with Gasteiger partial charge in [0, 0.05) is 37.1 Å². The van der Waals surface area contributed by atoms with Crippen LogP contribution >= 0.6 is 0 Å². The zero-order valence-corrected chi connectivity index (χ0v) is 17.0. The number of aromatic nitrogens is 2. The minimum absolute atomic E-state index is 0.140. The molecule has 0 radical (unpaired) electrons. The topological polar surface area (TPSA) is 97.5 Å². The van der Waals surface area contributed by atoms with Crippen molar-refractivity contribution in [3.8, 4) is 5.88 Å². The highest BCUT2D eigenvalue weighted by Gasteiger charge is 2.20. The number of fused-ring (bicyclic) bond motifs is 1. The van der Waals surface area contributed by atoms with E-state index in [9.17, 15) is 14.3 Å². The molecule has 1 unspecified atom stereocenters. The van der Waals surface area contributed by atoms with Crippen LogP contribution in [0.25, 0.3) is 0 Å². The van der Waals surface area contributed by atoms with E-state index in [1.165, 1.54) is 17.7 Å². The van der Waals surface area contributed by atoms with Gasteiger partial charge in [-0.1, -0.05) is 18.2 Å². The second-order valence-electron chi connectivity index (χ2n) is 7.62. The van der Waals surface area contributed by atoms with E-state index in [0.717, 1.165) is 30.9 Å². The molecule has 2 aromatic heterocycles. The number of nitrogens with one attached hydrogen (secondary N) is 1. The van der Waals surface area contributed by atoms with Crippen molar-refractivity contribution in [1.29, 1.82) is 0 Å². The van der Waals surface area contributed by atoms with Gasteiger partial charge >= 0.3 is 5.97 Å². The van der Waals surface area contributed by atoms with Crippen LogP contribution in [-0.4, -0.2) is 34.4 Å². The van der Waals surface area contributed by atoms with Gasteiger partial charge in [0.15, 0.2) is 0 Å². The van der Waals surface area contributed by atoms with Gasteiger partial charge in [-0.2, -0.15) is 0 Å². The maximum absolute atomic E-state index is 13.6. The van der Waals surface area contributed by atoms with Crippen molar-refractivity contribution in [1.82, 2.24) is 10.1 Å². The van der Waals surface area contributed by atoms with Crippen LogP contribution in [0.15, 0.2) is 47.0 Å². The normalized spacial score (nSPS) is 13.8. The van der Waals surface area contributed by atoms with Crippen LogP contribution in [0.4, 0.5) is 10.2 Å². The van der Waals surface area contributed by atoms with Crippen molar-refractivity contribution in [2.75, 3.05) is 18.5 Å². The fourth-order valence-corrected chi connectivity index (χ4v) is 3.75. The van der Waals surface area contributed by atoms with Crippen molar-refractivity contribution < 1.29 is 23.6 Å². The summed E-state index contributed by atoms with van der Waals surface area (Å²) in [5, 5.41) is 16.4. The number of benzene rings is 1. The molecule has 2 N–H and O–H groups in total. The lowest BCUT2D eigenvalue weighted by atomic mass is 9.91. The first-order chi connectivity index (χ1) is 15.1. The monoisotopic (exact) mass is 425 g/mol. The van der Waals surface area contributed by atoms with Gasteiger partial charge in [-0.25, -0.2) is 9.37 Å². The fraction of sp³-hybridized carbons (Fsp3) is 0.348. The van der Waals surface area contributed by atoms with E-state index in [0.29, 0.717) is 30.2 Å². The van der Waals surface area contributed by atoms with E-state index in [2.05, 4.69) is 21.5 Å². The number of anilines is 1. The molecule has 1 aliphatic rings. The summed E-state index contributed by atoms with van der Waals surface area (Å²) in [4.78, 5) is 15.9. The average Bonchev–Trinajstić information content (AvgIpc) is 3.20. The van der Waals surface area contributed by atoms with Crippen LogP contribution in [0, 0.1) is 5.82 Å². The molecule has 8 heteroatoms.